The molecular formula is C16H15N3. The van der Waals surface area contributed by atoms with E-state index in [-0.39, 0.29) is 5.66 Å². The fraction of sp³-hybridized carbons (Fsp3) is 0.250. The smallest absolute Gasteiger partial charge is 0.305 e. The maximum atomic E-state index is 7.29. The van der Waals surface area contributed by atoms with Crippen molar-refractivity contribution in [3.05, 3.63) is 60.2 Å². The van der Waals surface area contributed by atoms with Crippen molar-refractivity contribution in [3.63, 3.8) is 0 Å². The standard InChI is InChI=1S/C16H15N3/c1-17-16(9-3-10-16)19-15-7-5-13(6-8-15)14-4-2-11-18-12-14/h2,4-8,11-12,19H,3,9-10H2. The minimum atomic E-state index is -0.351. The van der Waals surface area contributed by atoms with Gasteiger partial charge in [0.2, 0.25) is 0 Å². The number of anilines is 1. The summed E-state index contributed by atoms with van der Waals surface area (Å²) in [6.45, 7) is 7.29. The zero-order valence-electron chi connectivity index (χ0n) is 10.6. The first-order chi connectivity index (χ1) is 9.31. The summed E-state index contributed by atoms with van der Waals surface area (Å²) in [7, 11) is 0. The number of rotatable bonds is 3. The van der Waals surface area contributed by atoms with Gasteiger partial charge in [-0.3, -0.25) is 9.83 Å². The molecule has 3 rings (SSSR count). The number of hydrogen-bond acceptors (Lipinski definition) is 2. The predicted molar refractivity (Wildman–Crippen MR) is 76.5 cm³/mol. The number of hydrogen-bond donors (Lipinski definition) is 1. The number of nitrogens with one attached hydrogen (secondary N) is 1. The number of aromatic nitrogens is 1. The maximum Gasteiger partial charge on any atom is 0.305 e. The molecule has 1 heterocycles. The first-order valence-corrected chi connectivity index (χ1v) is 6.49. The molecule has 0 unspecified atom stereocenters. The van der Waals surface area contributed by atoms with E-state index in [1.165, 1.54) is 0 Å². The van der Waals surface area contributed by atoms with Crippen LogP contribution in [-0.2, 0) is 0 Å². The van der Waals surface area contributed by atoms with Crippen LogP contribution in [0.25, 0.3) is 16.0 Å². The predicted octanol–water partition coefficient (Wildman–Crippen LogP) is 3.96. The third kappa shape index (κ3) is 2.30. The largest absolute Gasteiger partial charge is 0.314 e. The zero-order valence-corrected chi connectivity index (χ0v) is 10.6. The Balaban J connectivity index is 1.78. The van der Waals surface area contributed by atoms with Gasteiger partial charge in [0.05, 0.1) is 0 Å². The highest BCUT2D eigenvalue weighted by atomic mass is 15.1. The van der Waals surface area contributed by atoms with Crippen molar-refractivity contribution in [1.82, 2.24) is 4.98 Å². The van der Waals surface area contributed by atoms with Crippen molar-refractivity contribution in [2.75, 3.05) is 5.32 Å². The maximum absolute atomic E-state index is 7.29. The minimum Gasteiger partial charge on any atom is -0.314 e. The summed E-state index contributed by atoms with van der Waals surface area (Å²) in [5.74, 6) is 0. The number of nitrogens with zero attached hydrogens (tertiary/aromatic N) is 2. The lowest BCUT2D eigenvalue weighted by atomic mass is 9.85. The molecule has 0 amide bonds. The summed E-state index contributed by atoms with van der Waals surface area (Å²) in [6, 6.07) is 12.2. The fourth-order valence-corrected chi connectivity index (χ4v) is 2.32. The summed E-state index contributed by atoms with van der Waals surface area (Å²) in [4.78, 5) is 7.85. The van der Waals surface area contributed by atoms with Crippen molar-refractivity contribution in [1.29, 1.82) is 0 Å². The highest BCUT2D eigenvalue weighted by Gasteiger charge is 2.43. The average Bonchev–Trinajstić information content (AvgIpc) is 2.45. The van der Waals surface area contributed by atoms with E-state index in [1.54, 1.807) is 6.20 Å². The van der Waals surface area contributed by atoms with E-state index < -0.39 is 0 Å². The van der Waals surface area contributed by atoms with Gasteiger partial charge in [0.15, 0.2) is 0 Å². The molecule has 1 aromatic carbocycles. The van der Waals surface area contributed by atoms with Gasteiger partial charge in [-0.2, -0.15) is 0 Å². The fourth-order valence-electron chi connectivity index (χ4n) is 2.32. The molecule has 1 saturated carbocycles. The van der Waals surface area contributed by atoms with Crippen LogP contribution in [0.15, 0.2) is 48.8 Å². The van der Waals surface area contributed by atoms with Gasteiger partial charge in [-0.15, -0.1) is 0 Å². The van der Waals surface area contributed by atoms with Gasteiger partial charge < -0.3 is 5.32 Å². The van der Waals surface area contributed by atoms with E-state index in [9.17, 15) is 0 Å². The van der Waals surface area contributed by atoms with Crippen LogP contribution in [-0.4, -0.2) is 10.6 Å². The Hall–Kier alpha value is -2.34. The summed E-state index contributed by atoms with van der Waals surface area (Å²) in [5.41, 5.74) is 2.92. The molecular weight excluding hydrogens is 234 g/mol. The Kier molecular flexibility index (Phi) is 2.92. The summed E-state index contributed by atoms with van der Waals surface area (Å²) < 4.78 is 0. The molecule has 3 heteroatoms. The van der Waals surface area contributed by atoms with Crippen LogP contribution in [0, 0.1) is 6.57 Å². The molecule has 1 aromatic heterocycles. The van der Waals surface area contributed by atoms with Crippen LogP contribution in [0.4, 0.5) is 5.69 Å². The quantitative estimate of drug-likeness (QED) is 0.834. The van der Waals surface area contributed by atoms with Crippen molar-refractivity contribution in [3.8, 4) is 11.1 Å². The molecule has 0 aliphatic heterocycles. The Labute approximate surface area is 113 Å². The van der Waals surface area contributed by atoms with E-state index in [4.69, 9.17) is 6.57 Å². The Morgan fingerprint density at radius 1 is 1.11 bits per heavy atom. The van der Waals surface area contributed by atoms with Gasteiger partial charge >= 0.3 is 5.66 Å². The molecule has 0 spiro atoms. The van der Waals surface area contributed by atoms with Gasteiger partial charge in [0, 0.05) is 30.9 Å². The summed E-state index contributed by atoms with van der Waals surface area (Å²) in [6.07, 6.45) is 6.66. The monoisotopic (exact) mass is 249 g/mol. The lowest BCUT2D eigenvalue weighted by Gasteiger charge is -2.31. The van der Waals surface area contributed by atoms with Crippen molar-refractivity contribution in [2.45, 2.75) is 24.9 Å². The van der Waals surface area contributed by atoms with Gasteiger partial charge in [-0.05, 0) is 35.7 Å². The lowest BCUT2D eigenvalue weighted by molar-refractivity contribution is 0.343. The van der Waals surface area contributed by atoms with E-state index in [0.29, 0.717) is 0 Å². The number of benzene rings is 1. The molecule has 19 heavy (non-hydrogen) atoms. The molecule has 94 valence electrons. The summed E-state index contributed by atoms with van der Waals surface area (Å²) in [5, 5.41) is 3.35. The second-order valence-corrected chi connectivity index (χ2v) is 4.94. The third-order valence-corrected chi connectivity index (χ3v) is 3.65. The Morgan fingerprint density at radius 3 is 2.42 bits per heavy atom. The summed E-state index contributed by atoms with van der Waals surface area (Å²) >= 11 is 0. The van der Waals surface area contributed by atoms with E-state index >= 15 is 0 Å². The Morgan fingerprint density at radius 2 is 1.89 bits per heavy atom. The second kappa shape index (κ2) is 4.74. The zero-order chi connectivity index (χ0) is 13.1. The molecule has 1 N–H and O–H groups in total. The molecule has 1 aliphatic rings. The van der Waals surface area contributed by atoms with Gasteiger partial charge in [0.25, 0.3) is 0 Å². The molecule has 1 aliphatic carbocycles. The van der Waals surface area contributed by atoms with Crippen molar-refractivity contribution >= 4 is 5.69 Å². The van der Waals surface area contributed by atoms with Crippen LogP contribution < -0.4 is 5.32 Å². The minimum absolute atomic E-state index is 0.351. The van der Waals surface area contributed by atoms with Crippen LogP contribution >= 0.6 is 0 Å². The van der Waals surface area contributed by atoms with Crippen LogP contribution in [0.1, 0.15) is 19.3 Å². The van der Waals surface area contributed by atoms with Gasteiger partial charge in [-0.1, -0.05) is 18.2 Å². The van der Waals surface area contributed by atoms with Gasteiger partial charge in [-0.25, -0.2) is 6.57 Å². The topological polar surface area (TPSA) is 29.3 Å². The molecule has 0 saturated heterocycles. The normalized spacial score (nSPS) is 16.2. The SMILES string of the molecule is [C-]#[N+]C1(Nc2ccc(-c3cccnc3)cc2)CCC1. The lowest BCUT2D eigenvalue weighted by Crippen LogP contribution is -2.41. The molecule has 3 nitrogen and oxygen atoms in total. The molecule has 2 aromatic rings. The molecule has 0 radical (unpaired) electrons. The second-order valence-electron chi connectivity index (χ2n) is 4.94. The van der Waals surface area contributed by atoms with E-state index in [1.807, 2.05) is 30.5 Å². The van der Waals surface area contributed by atoms with Crippen molar-refractivity contribution in [2.24, 2.45) is 0 Å². The van der Waals surface area contributed by atoms with Crippen LogP contribution in [0.2, 0.25) is 0 Å². The van der Waals surface area contributed by atoms with Crippen LogP contribution in [0.3, 0.4) is 0 Å². The Bertz CT molecular complexity index is 592. The first-order valence-electron chi connectivity index (χ1n) is 6.49. The third-order valence-electron chi connectivity index (χ3n) is 3.65. The molecule has 0 bridgehead atoms. The molecule has 0 atom stereocenters. The van der Waals surface area contributed by atoms with Gasteiger partial charge in [0.1, 0.15) is 0 Å². The highest BCUT2D eigenvalue weighted by molar-refractivity contribution is 5.65. The first kappa shape index (κ1) is 11.7. The average molecular weight is 249 g/mol. The number of pyridine rings is 1. The van der Waals surface area contributed by atoms with Crippen molar-refractivity contribution < 1.29 is 0 Å². The highest BCUT2D eigenvalue weighted by Crippen LogP contribution is 2.36. The molecule has 1 fully saturated rings. The van der Waals surface area contributed by atoms with E-state index in [0.717, 1.165) is 36.1 Å². The van der Waals surface area contributed by atoms with Crippen LogP contribution in [0.5, 0.6) is 0 Å². The van der Waals surface area contributed by atoms with E-state index in [2.05, 4.69) is 27.3 Å².